The average molecular weight is 290 g/mol. The Labute approximate surface area is 122 Å². The summed E-state index contributed by atoms with van der Waals surface area (Å²) in [6, 6.07) is 5.33. The molecule has 2 amide bonds. The number of rotatable bonds is 5. The summed E-state index contributed by atoms with van der Waals surface area (Å²) < 4.78 is 10.7. The summed E-state index contributed by atoms with van der Waals surface area (Å²) in [6.07, 6.45) is 0. The Morgan fingerprint density at radius 2 is 1.95 bits per heavy atom. The van der Waals surface area contributed by atoms with Gasteiger partial charge < -0.3 is 19.8 Å². The van der Waals surface area contributed by atoms with E-state index in [0.29, 0.717) is 41.1 Å². The van der Waals surface area contributed by atoms with Gasteiger partial charge in [-0.15, -0.1) is 0 Å². The lowest BCUT2D eigenvalue weighted by atomic mass is 10.1. The van der Waals surface area contributed by atoms with E-state index in [0.717, 1.165) is 0 Å². The number of carbonyl (C=O) groups excluding carboxylic acids is 2. The van der Waals surface area contributed by atoms with Crippen molar-refractivity contribution >= 4 is 22.8 Å². The summed E-state index contributed by atoms with van der Waals surface area (Å²) in [6.45, 7) is 3.92. The third kappa shape index (κ3) is 3.34. The zero-order valence-electron chi connectivity index (χ0n) is 12.3. The Balaban J connectivity index is 2.18. The second-order valence-electron chi connectivity index (χ2n) is 4.63. The van der Waals surface area contributed by atoms with E-state index in [1.807, 2.05) is 0 Å². The van der Waals surface area contributed by atoms with Gasteiger partial charge in [-0.3, -0.25) is 9.59 Å². The van der Waals surface area contributed by atoms with Gasteiger partial charge in [0.15, 0.2) is 0 Å². The maximum atomic E-state index is 12.3. The molecule has 0 aliphatic rings. The molecule has 0 aliphatic heterocycles. The molecule has 0 unspecified atom stereocenters. The SMILES string of the molecule is COc1ccc2oc(C)c(C(=O)NCCNC(C)=O)c2c1. The number of hydrogen-bond donors (Lipinski definition) is 2. The molecule has 21 heavy (non-hydrogen) atoms. The number of benzene rings is 1. The monoisotopic (exact) mass is 290 g/mol. The van der Waals surface area contributed by atoms with Crippen LogP contribution in [0.2, 0.25) is 0 Å². The quantitative estimate of drug-likeness (QED) is 0.820. The molecule has 0 atom stereocenters. The van der Waals surface area contributed by atoms with Crippen molar-refractivity contribution in [1.82, 2.24) is 10.6 Å². The normalized spacial score (nSPS) is 10.4. The van der Waals surface area contributed by atoms with E-state index in [1.54, 1.807) is 32.2 Å². The summed E-state index contributed by atoms with van der Waals surface area (Å²) in [5.41, 5.74) is 1.13. The van der Waals surface area contributed by atoms with Gasteiger partial charge in [-0.2, -0.15) is 0 Å². The first kappa shape index (κ1) is 14.9. The van der Waals surface area contributed by atoms with Crippen molar-refractivity contribution in [3.8, 4) is 5.75 Å². The Hall–Kier alpha value is -2.50. The highest BCUT2D eigenvalue weighted by atomic mass is 16.5. The van der Waals surface area contributed by atoms with Crippen LogP contribution in [-0.4, -0.2) is 32.0 Å². The van der Waals surface area contributed by atoms with E-state index < -0.39 is 0 Å². The third-order valence-electron chi connectivity index (χ3n) is 3.08. The molecule has 0 bridgehead atoms. The van der Waals surface area contributed by atoms with Crippen molar-refractivity contribution in [3.05, 3.63) is 29.5 Å². The van der Waals surface area contributed by atoms with Crippen LogP contribution < -0.4 is 15.4 Å². The van der Waals surface area contributed by atoms with Crippen LogP contribution >= 0.6 is 0 Å². The number of methoxy groups -OCH3 is 1. The molecule has 0 radical (unpaired) electrons. The van der Waals surface area contributed by atoms with Gasteiger partial charge in [-0.25, -0.2) is 0 Å². The fraction of sp³-hybridized carbons (Fsp3) is 0.333. The Bertz CT molecular complexity index is 676. The largest absolute Gasteiger partial charge is 0.497 e. The number of carbonyl (C=O) groups is 2. The molecule has 2 N–H and O–H groups in total. The van der Waals surface area contributed by atoms with Crippen LogP contribution in [0.15, 0.2) is 22.6 Å². The molecule has 6 nitrogen and oxygen atoms in total. The van der Waals surface area contributed by atoms with Crippen LogP contribution in [-0.2, 0) is 4.79 Å². The highest BCUT2D eigenvalue weighted by molar-refractivity contribution is 6.07. The number of fused-ring (bicyclic) bond motifs is 1. The van der Waals surface area contributed by atoms with Crippen molar-refractivity contribution < 1.29 is 18.7 Å². The third-order valence-corrected chi connectivity index (χ3v) is 3.08. The Kier molecular flexibility index (Phi) is 4.47. The van der Waals surface area contributed by atoms with Crippen LogP contribution in [0.5, 0.6) is 5.75 Å². The standard InChI is InChI=1S/C15H18N2O4/c1-9-14(15(19)17-7-6-16-10(2)18)12-8-11(20-3)4-5-13(12)21-9/h4-5,8H,6-7H2,1-3H3,(H,16,18)(H,17,19). The predicted octanol–water partition coefficient (Wildman–Crippen LogP) is 1.62. The molecular weight excluding hydrogens is 272 g/mol. The Morgan fingerprint density at radius 1 is 1.24 bits per heavy atom. The van der Waals surface area contributed by atoms with Gasteiger partial charge in [-0.05, 0) is 25.1 Å². The highest BCUT2D eigenvalue weighted by Crippen LogP contribution is 2.28. The van der Waals surface area contributed by atoms with Gasteiger partial charge in [0.05, 0.1) is 12.7 Å². The first-order chi connectivity index (χ1) is 10.0. The van der Waals surface area contributed by atoms with Crippen LogP contribution in [0.4, 0.5) is 0 Å². The average Bonchev–Trinajstić information content (AvgIpc) is 2.78. The molecule has 6 heteroatoms. The number of hydrogen-bond acceptors (Lipinski definition) is 4. The zero-order valence-corrected chi connectivity index (χ0v) is 12.3. The molecule has 1 heterocycles. The zero-order chi connectivity index (χ0) is 15.4. The number of nitrogens with one attached hydrogen (secondary N) is 2. The number of aryl methyl sites for hydroxylation is 1. The predicted molar refractivity (Wildman–Crippen MR) is 78.5 cm³/mol. The molecule has 2 rings (SSSR count). The first-order valence-electron chi connectivity index (χ1n) is 6.62. The summed E-state index contributed by atoms with van der Waals surface area (Å²) in [5.74, 6) is 0.856. The van der Waals surface area contributed by atoms with Gasteiger partial charge in [-0.1, -0.05) is 0 Å². The summed E-state index contributed by atoms with van der Waals surface area (Å²) in [7, 11) is 1.57. The maximum Gasteiger partial charge on any atom is 0.255 e. The molecule has 0 saturated carbocycles. The van der Waals surface area contributed by atoms with Crippen LogP contribution in [0, 0.1) is 6.92 Å². The molecule has 0 aliphatic carbocycles. The van der Waals surface area contributed by atoms with Gasteiger partial charge in [0, 0.05) is 25.4 Å². The number of furan rings is 1. The lowest BCUT2D eigenvalue weighted by Crippen LogP contribution is -2.33. The summed E-state index contributed by atoms with van der Waals surface area (Å²) >= 11 is 0. The second-order valence-corrected chi connectivity index (χ2v) is 4.63. The summed E-state index contributed by atoms with van der Waals surface area (Å²) in [4.78, 5) is 23.0. The van der Waals surface area contributed by atoms with E-state index in [9.17, 15) is 9.59 Å². The highest BCUT2D eigenvalue weighted by Gasteiger charge is 2.18. The van der Waals surface area contributed by atoms with E-state index >= 15 is 0 Å². The van der Waals surface area contributed by atoms with Gasteiger partial charge in [0.2, 0.25) is 5.91 Å². The van der Waals surface area contributed by atoms with Crippen molar-refractivity contribution in [2.24, 2.45) is 0 Å². The fourth-order valence-corrected chi connectivity index (χ4v) is 2.11. The van der Waals surface area contributed by atoms with Crippen molar-refractivity contribution in [2.75, 3.05) is 20.2 Å². The molecular formula is C15H18N2O4. The number of amides is 2. The van der Waals surface area contributed by atoms with Crippen molar-refractivity contribution in [2.45, 2.75) is 13.8 Å². The lowest BCUT2D eigenvalue weighted by Gasteiger charge is -2.05. The first-order valence-corrected chi connectivity index (χ1v) is 6.62. The van der Waals surface area contributed by atoms with Crippen LogP contribution in [0.3, 0.4) is 0 Å². The molecule has 1 aromatic carbocycles. The van der Waals surface area contributed by atoms with E-state index in [4.69, 9.17) is 9.15 Å². The Morgan fingerprint density at radius 3 is 2.62 bits per heavy atom. The van der Waals surface area contributed by atoms with Gasteiger partial charge in [0.1, 0.15) is 17.1 Å². The fourth-order valence-electron chi connectivity index (χ4n) is 2.11. The van der Waals surface area contributed by atoms with Crippen molar-refractivity contribution in [3.63, 3.8) is 0 Å². The minimum atomic E-state index is -0.232. The van der Waals surface area contributed by atoms with E-state index in [-0.39, 0.29) is 11.8 Å². The minimum absolute atomic E-state index is 0.126. The molecule has 0 fully saturated rings. The van der Waals surface area contributed by atoms with Crippen LogP contribution in [0.25, 0.3) is 11.0 Å². The second kappa shape index (κ2) is 6.30. The van der Waals surface area contributed by atoms with E-state index in [2.05, 4.69) is 10.6 Å². The van der Waals surface area contributed by atoms with Gasteiger partial charge in [0.25, 0.3) is 5.91 Å². The molecule has 2 aromatic rings. The lowest BCUT2D eigenvalue weighted by molar-refractivity contribution is -0.118. The molecule has 112 valence electrons. The topological polar surface area (TPSA) is 80.6 Å². The minimum Gasteiger partial charge on any atom is -0.497 e. The molecule has 1 aromatic heterocycles. The molecule has 0 spiro atoms. The van der Waals surface area contributed by atoms with Crippen molar-refractivity contribution in [1.29, 1.82) is 0 Å². The van der Waals surface area contributed by atoms with Gasteiger partial charge >= 0.3 is 0 Å². The van der Waals surface area contributed by atoms with E-state index in [1.165, 1.54) is 6.92 Å². The maximum absolute atomic E-state index is 12.3. The van der Waals surface area contributed by atoms with Crippen LogP contribution in [0.1, 0.15) is 23.0 Å². The smallest absolute Gasteiger partial charge is 0.255 e. The number of ether oxygens (including phenoxy) is 1. The summed E-state index contributed by atoms with van der Waals surface area (Å²) in [5, 5.41) is 6.09. The molecule has 0 saturated heterocycles.